The van der Waals surface area contributed by atoms with Gasteiger partial charge in [0, 0.05) is 44.7 Å². The Morgan fingerprint density at radius 2 is 1.85 bits per heavy atom. The number of likely N-dealkylation sites (N-methyl/N-ethyl adjacent to an activating group) is 1. The molecule has 1 aliphatic rings. The Morgan fingerprint density at radius 1 is 1.12 bits per heavy atom. The van der Waals surface area contributed by atoms with Gasteiger partial charge in [-0.05, 0) is 50.2 Å². The molecule has 6 heteroatoms. The van der Waals surface area contributed by atoms with Crippen LogP contribution in [-0.4, -0.2) is 50.9 Å². The molecule has 3 aromatic rings. The number of benzene rings is 2. The fourth-order valence-corrected chi connectivity index (χ4v) is 4.66. The minimum Gasteiger partial charge on any atom is -0.392 e. The fraction of sp³-hybridized carbons (Fsp3) is 0.444. The van der Waals surface area contributed by atoms with E-state index < -0.39 is 0 Å². The van der Waals surface area contributed by atoms with Gasteiger partial charge in [0.1, 0.15) is 5.82 Å². The standard InChI is InChI=1S/C27H35FN4O/c1-4-5-24(33)17-30(3)19-26-25-18-31(16-21-8-10-22(28)11-9-21)15-14-27(25)32(29-26)23-12-6-20(2)7-13-23/h6-13,24,33H,4-5,14-19H2,1-3H3/t24-/m0/s1. The van der Waals surface area contributed by atoms with Crippen LogP contribution >= 0.6 is 0 Å². The van der Waals surface area contributed by atoms with Crippen LogP contribution in [-0.2, 0) is 26.1 Å². The van der Waals surface area contributed by atoms with Crippen LogP contribution in [0.1, 0.15) is 47.8 Å². The van der Waals surface area contributed by atoms with Gasteiger partial charge in [0.05, 0.1) is 23.2 Å². The van der Waals surface area contributed by atoms with Crippen molar-refractivity contribution in [3.8, 4) is 5.69 Å². The highest BCUT2D eigenvalue weighted by Gasteiger charge is 2.26. The molecule has 0 saturated carbocycles. The van der Waals surface area contributed by atoms with E-state index in [2.05, 4.69) is 59.6 Å². The molecule has 2 heterocycles. The average molecular weight is 451 g/mol. The van der Waals surface area contributed by atoms with Crippen LogP contribution in [0.15, 0.2) is 48.5 Å². The number of fused-ring (bicyclic) bond motifs is 1. The van der Waals surface area contributed by atoms with Crippen molar-refractivity contribution < 1.29 is 9.50 Å². The zero-order valence-electron chi connectivity index (χ0n) is 20.0. The normalized spacial score (nSPS) is 15.1. The topological polar surface area (TPSA) is 44.5 Å². The molecule has 0 radical (unpaired) electrons. The van der Waals surface area contributed by atoms with Gasteiger partial charge in [0.15, 0.2) is 0 Å². The minimum atomic E-state index is -0.315. The lowest BCUT2D eigenvalue weighted by atomic mass is 10.0. The molecular weight excluding hydrogens is 415 g/mol. The third kappa shape index (κ3) is 5.88. The zero-order valence-corrected chi connectivity index (χ0v) is 20.0. The van der Waals surface area contributed by atoms with Gasteiger partial charge >= 0.3 is 0 Å². The number of nitrogens with zero attached hydrogens (tertiary/aromatic N) is 4. The molecule has 33 heavy (non-hydrogen) atoms. The molecule has 176 valence electrons. The molecule has 0 aliphatic carbocycles. The van der Waals surface area contributed by atoms with Crippen molar-refractivity contribution in [2.45, 2.75) is 58.8 Å². The van der Waals surface area contributed by atoms with E-state index in [0.29, 0.717) is 13.1 Å². The number of aliphatic hydroxyl groups excluding tert-OH is 1. The average Bonchev–Trinajstić information content (AvgIpc) is 3.13. The summed E-state index contributed by atoms with van der Waals surface area (Å²) < 4.78 is 15.4. The summed E-state index contributed by atoms with van der Waals surface area (Å²) in [7, 11) is 2.05. The van der Waals surface area contributed by atoms with Crippen LogP contribution < -0.4 is 0 Å². The molecule has 5 nitrogen and oxygen atoms in total. The lowest BCUT2D eigenvalue weighted by Crippen LogP contribution is -2.32. The second kappa shape index (κ2) is 10.6. The van der Waals surface area contributed by atoms with Crippen LogP contribution in [0, 0.1) is 12.7 Å². The summed E-state index contributed by atoms with van der Waals surface area (Å²) in [6.45, 7) is 8.08. The Morgan fingerprint density at radius 3 is 2.55 bits per heavy atom. The molecule has 1 atom stereocenters. The third-order valence-electron chi connectivity index (χ3n) is 6.38. The van der Waals surface area contributed by atoms with Crippen molar-refractivity contribution in [2.75, 3.05) is 20.1 Å². The number of aryl methyl sites for hydroxylation is 1. The zero-order chi connectivity index (χ0) is 23.4. The Bertz CT molecular complexity index is 1050. The van der Waals surface area contributed by atoms with Gasteiger partial charge in [-0.15, -0.1) is 0 Å². The Kier molecular flexibility index (Phi) is 7.58. The monoisotopic (exact) mass is 450 g/mol. The van der Waals surface area contributed by atoms with E-state index in [0.717, 1.165) is 55.8 Å². The Hall–Kier alpha value is -2.54. The second-order valence-corrected chi connectivity index (χ2v) is 9.35. The first-order valence-electron chi connectivity index (χ1n) is 11.9. The van der Waals surface area contributed by atoms with Gasteiger partial charge in [-0.25, -0.2) is 9.07 Å². The van der Waals surface area contributed by atoms with E-state index in [4.69, 9.17) is 5.10 Å². The lowest BCUT2D eigenvalue weighted by Gasteiger charge is -2.28. The van der Waals surface area contributed by atoms with Crippen molar-refractivity contribution in [2.24, 2.45) is 0 Å². The maximum Gasteiger partial charge on any atom is 0.123 e. The molecule has 0 amide bonds. The third-order valence-corrected chi connectivity index (χ3v) is 6.38. The predicted molar refractivity (Wildman–Crippen MR) is 130 cm³/mol. The molecule has 0 unspecified atom stereocenters. The van der Waals surface area contributed by atoms with Crippen molar-refractivity contribution in [1.82, 2.24) is 19.6 Å². The van der Waals surface area contributed by atoms with E-state index in [-0.39, 0.29) is 11.9 Å². The number of halogens is 1. The molecule has 1 aromatic heterocycles. The molecule has 0 spiro atoms. The van der Waals surface area contributed by atoms with Crippen molar-refractivity contribution in [3.05, 3.63) is 82.4 Å². The van der Waals surface area contributed by atoms with Crippen LogP contribution in [0.3, 0.4) is 0 Å². The van der Waals surface area contributed by atoms with E-state index in [1.165, 1.54) is 29.0 Å². The maximum absolute atomic E-state index is 13.3. The van der Waals surface area contributed by atoms with Crippen LogP contribution in [0.4, 0.5) is 4.39 Å². The van der Waals surface area contributed by atoms with E-state index in [9.17, 15) is 9.50 Å². The van der Waals surface area contributed by atoms with Crippen molar-refractivity contribution in [3.63, 3.8) is 0 Å². The van der Waals surface area contributed by atoms with Gasteiger partial charge in [0.25, 0.3) is 0 Å². The first kappa shape index (κ1) is 23.6. The van der Waals surface area contributed by atoms with Gasteiger partial charge in [-0.3, -0.25) is 9.80 Å². The summed E-state index contributed by atoms with van der Waals surface area (Å²) in [6.07, 6.45) is 2.39. The Balaban J connectivity index is 1.59. The highest BCUT2D eigenvalue weighted by Crippen LogP contribution is 2.27. The summed E-state index contributed by atoms with van der Waals surface area (Å²) in [5, 5.41) is 15.3. The number of hydrogen-bond acceptors (Lipinski definition) is 4. The largest absolute Gasteiger partial charge is 0.392 e. The molecule has 0 fully saturated rings. The van der Waals surface area contributed by atoms with Gasteiger partial charge in [-0.2, -0.15) is 5.10 Å². The summed E-state index contributed by atoms with van der Waals surface area (Å²) >= 11 is 0. The first-order chi connectivity index (χ1) is 15.9. The van der Waals surface area contributed by atoms with Crippen LogP contribution in [0.5, 0.6) is 0 Å². The second-order valence-electron chi connectivity index (χ2n) is 9.35. The minimum absolute atomic E-state index is 0.199. The fourth-order valence-electron chi connectivity index (χ4n) is 4.66. The van der Waals surface area contributed by atoms with Crippen molar-refractivity contribution >= 4 is 0 Å². The van der Waals surface area contributed by atoms with Crippen LogP contribution in [0.2, 0.25) is 0 Å². The van der Waals surface area contributed by atoms with Gasteiger partial charge in [-0.1, -0.05) is 43.2 Å². The number of aromatic nitrogens is 2. The van der Waals surface area contributed by atoms with E-state index in [1.807, 2.05) is 12.1 Å². The lowest BCUT2D eigenvalue weighted by molar-refractivity contribution is 0.113. The summed E-state index contributed by atoms with van der Waals surface area (Å²) in [6, 6.07) is 15.3. The number of rotatable bonds is 9. The highest BCUT2D eigenvalue weighted by atomic mass is 19.1. The Labute approximate surface area is 196 Å². The van der Waals surface area contributed by atoms with E-state index >= 15 is 0 Å². The van der Waals surface area contributed by atoms with Gasteiger partial charge < -0.3 is 5.11 Å². The van der Waals surface area contributed by atoms with Crippen LogP contribution in [0.25, 0.3) is 5.69 Å². The number of hydrogen-bond donors (Lipinski definition) is 1. The molecule has 4 rings (SSSR count). The molecule has 0 saturated heterocycles. The summed E-state index contributed by atoms with van der Waals surface area (Å²) in [4.78, 5) is 4.58. The first-order valence-corrected chi connectivity index (χ1v) is 11.9. The molecule has 1 N–H and O–H groups in total. The smallest absolute Gasteiger partial charge is 0.123 e. The predicted octanol–water partition coefficient (Wildman–Crippen LogP) is 4.47. The maximum atomic E-state index is 13.3. The summed E-state index contributed by atoms with van der Waals surface area (Å²) in [5.41, 5.74) is 7.05. The highest BCUT2D eigenvalue weighted by molar-refractivity contribution is 5.40. The number of aliphatic hydroxyl groups is 1. The molecule has 1 aliphatic heterocycles. The SMILES string of the molecule is CCC[C@H](O)CN(C)Cc1nn(-c2ccc(C)cc2)c2c1CN(Cc1ccc(F)cc1)CC2. The molecule has 0 bridgehead atoms. The van der Waals surface area contributed by atoms with E-state index in [1.54, 1.807) is 0 Å². The van der Waals surface area contributed by atoms with Gasteiger partial charge in [0.2, 0.25) is 0 Å². The summed E-state index contributed by atoms with van der Waals surface area (Å²) in [5.74, 6) is -0.199. The molecule has 2 aromatic carbocycles. The quantitative estimate of drug-likeness (QED) is 0.522. The molecular formula is C27H35FN4O. The van der Waals surface area contributed by atoms with Crippen molar-refractivity contribution in [1.29, 1.82) is 0 Å².